The third-order valence-corrected chi connectivity index (χ3v) is 4.35. The topological polar surface area (TPSA) is 75.6 Å². The summed E-state index contributed by atoms with van der Waals surface area (Å²) in [7, 11) is 1.51. The quantitative estimate of drug-likeness (QED) is 0.805. The van der Waals surface area contributed by atoms with Crippen LogP contribution in [0.1, 0.15) is 22.3 Å². The fourth-order valence-electron chi connectivity index (χ4n) is 2.63. The van der Waals surface area contributed by atoms with Gasteiger partial charge in [-0.15, -0.1) is 0 Å². The van der Waals surface area contributed by atoms with Gasteiger partial charge in [0, 0.05) is 21.3 Å². The number of ether oxygens (including phenoxy) is 1. The van der Waals surface area contributed by atoms with Crippen LogP contribution in [0.25, 0.3) is 0 Å². The molecule has 0 fully saturated rings. The standard InChI is InChI=1S/C17H14BrNO4/c1-23-12-4-2-3-10(7-12)15(20)9-17(22)13-6-5-11(18)8-14(13)19-16(17)21/h2-8,22H,9H2,1H3,(H,19,21)/t17-/m0/s1. The van der Waals surface area contributed by atoms with E-state index in [1.54, 1.807) is 42.5 Å². The van der Waals surface area contributed by atoms with E-state index >= 15 is 0 Å². The highest BCUT2D eigenvalue weighted by atomic mass is 79.9. The minimum Gasteiger partial charge on any atom is -0.497 e. The molecule has 0 radical (unpaired) electrons. The van der Waals surface area contributed by atoms with Crippen molar-refractivity contribution in [3.05, 3.63) is 58.1 Å². The number of nitrogens with one attached hydrogen (secondary N) is 1. The Labute approximate surface area is 141 Å². The Morgan fingerprint density at radius 2 is 2.09 bits per heavy atom. The van der Waals surface area contributed by atoms with Gasteiger partial charge in [0.15, 0.2) is 11.4 Å². The summed E-state index contributed by atoms with van der Waals surface area (Å²) in [6.45, 7) is 0. The number of methoxy groups -OCH3 is 1. The molecule has 1 aliphatic heterocycles. The van der Waals surface area contributed by atoms with Gasteiger partial charge in [0.2, 0.25) is 0 Å². The largest absolute Gasteiger partial charge is 0.497 e. The van der Waals surface area contributed by atoms with Crippen LogP contribution in [0.15, 0.2) is 46.9 Å². The lowest BCUT2D eigenvalue weighted by Gasteiger charge is -2.20. The van der Waals surface area contributed by atoms with E-state index < -0.39 is 11.5 Å². The zero-order valence-corrected chi connectivity index (χ0v) is 13.9. The van der Waals surface area contributed by atoms with Crippen molar-refractivity contribution < 1.29 is 19.4 Å². The summed E-state index contributed by atoms with van der Waals surface area (Å²) in [4.78, 5) is 24.7. The van der Waals surface area contributed by atoms with E-state index in [2.05, 4.69) is 21.2 Å². The number of amides is 1. The Morgan fingerprint density at radius 3 is 2.83 bits per heavy atom. The Bertz CT molecular complexity index is 805. The number of benzene rings is 2. The molecule has 0 aromatic heterocycles. The van der Waals surface area contributed by atoms with E-state index in [1.165, 1.54) is 7.11 Å². The Balaban J connectivity index is 1.92. The average molecular weight is 376 g/mol. The van der Waals surface area contributed by atoms with E-state index in [-0.39, 0.29) is 12.2 Å². The number of anilines is 1. The van der Waals surface area contributed by atoms with Crippen molar-refractivity contribution in [3.63, 3.8) is 0 Å². The molecule has 1 amide bonds. The van der Waals surface area contributed by atoms with Crippen LogP contribution in [-0.4, -0.2) is 23.9 Å². The van der Waals surface area contributed by atoms with Gasteiger partial charge in [-0.3, -0.25) is 9.59 Å². The first-order valence-corrected chi connectivity index (χ1v) is 7.74. The van der Waals surface area contributed by atoms with Crippen molar-refractivity contribution >= 4 is 33.3 Å². The number of carbonyl (C=O) groups is 2. The Morgan fingerprint density at radius 1 is 1.30 bits per heavy atom. The summed E-state index contributed by atoms with van der Waals surface area (Å²) >= 11 is 3.31. The third kappa shape index (κ3) is 2.75. The molecule has 0 saturated carbocycles. The minimum absolute atomic E-state index is 0.333. The molecule has 23 heavy (non-hydrogen) atoms. The molecule has 1 atom stereocenters. The van der Waals surface area contributed by atoms with Gasteiger partial charge in [-0.2, -0.15) is 0 Å². The third-order valence-electron chi connectivity index (χ3n) is 3.86. The number of rotatable bonds is 4. The molecular formula is C17H14BrNO4. The Kier molecular flexibility index (Phi) is 3.95. The highest BCUT2D eigenvalue weighted by molar-refractivity contribution is 9.10. The molecule has 2 aromatic rings. The van der Waals surface area contributed by atoms with E-state index in [4.69, 9.17) is 4.74 Å². The van der Waals surface area contributed by atoms with Crippen LogP contribution < -0.4 is 10.1 Å². The number of hydrogen-bond donors (Lipinski definition) is 2. The van der Waals surface area contributed by atoms with Crippen LogP contribution in [-0.2, 0) is 10.4 Å². The fraction of sp³-hybridized carbons (Fsp3) is 0.176. The molecule has 1 heterocycles. The van der Waals surface area contributed by atoms with Gasteiger partial charge in [-0.05, 0) is 24.3 Å². The molecular weight excluding hydrogens is 362 g/mol. The highest BCUT2D eigenvalue weighted by Gasteiger charge is 2.46. The Hall–Kier alpha value is -2.18. The summed E-state index contributed by atoms with van der Waals surface area (Å²) in [5.74, 6) is -0.387. The number of carbonyl (C=O) groups excluding carboxylic acids is 2. The molecule has 0 saturated heterocycles. The first-order valence-electron chi connectivity index (χ1n) is 6.95. The number of aliphatic hydroxyl groups is 1. The van der Waals surface area contributed by atoms with Crippen molar-refractivity contribution in [2.75, 3.05) is 12.4 Å². The molecule has 1 aliphatic rings. The van der Waals surface area contributed by atoms with E-state index in [1.807, 2.05) is 0 Å². The van der Waals surface area contributed by atoms with Gasteiger partial charge >= 0.3 is 0 Å². The van der Waals surface area contributed by atoms with Crippen LogP contribution >= 0.6 is 15.9 Å². The molecule has 0 aliphatic carbocycles. The summed E-state index contributed by atoms with van der Waals surface area (Å²) in [6.07, 6.45) is -0.333. The zero-order chi connectivity index (χ0) is 16.6. The zero-order valence-electron chi connectivity index (χ0n) is 12.3. The predicted octanol–water partition coefficient (Wildman–Crippen LogP) is 2.87. The van der Waals surface area contributed by atoms with Crippen molar-refractivity contribution in [1.29, 1.82) is 0 Å². The van der Waals surface area contributed by atoms with Crippen LogP contribution in [0.3, 0.4) is 0 Å². The fourth-order valence-corrected chi connectivity index (χ4v) is 3.00. The van der Waals surface area contributed by atoms with Crippen LogP contribution in [0.2, 0.25) is 0 Å². The number of fused-ring (bicyclic) bond motifs is 1. The number of hydrogen-bond acceptors (Lipinski definition) is 4. The molecule has 6 heteroatoms. The van der Waals surface area contributed by atoms with Gasteiger partial charge in [0.25, 0.3) is 5.91 Å². The highest BCUT2D eigenvalue weighted by Crippen LogP contribution is 2.40. The van der Waals surface area contributed by atoms with Crippen LogP contribution in [0, 0.1) is 0 Å². The predicted molar refractivity (Wildman–Crippen MR) is 88.6 cm³/mol. The molecule has 2 N–H and O–H groups in total. The summed E-state index contributed by atoms with van der Waals surface area (Å²) in [5, 5.41) is 13.4. The van der Waals surface area contributed by atoms with Gasteiger partial charge < -0.3 is 15.2 Å². The maximum Gasteiger partial charge on any atom is 0.261 e. The first-order chi connectivity index (χ1) is 10.9. The molecule has 5 nitrogen and oxygen atoms in total. The van der Waals surface area contributed by atoms with E-state index in [0.29, 0.717) is 22.6 Å². The maximum absolute atomic E-state index is 12.5. The second-order valence-corrected chi connectivity index (χ2v) is 6.25. The molecule has 0 bridgehead atoms. The normalized spacial score (nSPS) is 19.2. The van der Waals surface area contributed by atoms with Gasteiger partial charge in [-0.1, -0.05) is 34.1 Å². The van der Waals surface area contributed by atoms with Gasteiger partial charge in [0.05, 0.1) is 13.5 Å². The lowest BCUT2D eigenvalue weighted by molar-refractivity contribution is -0.133. The minimum atomic E-state index is -1.86. The molecule has 118 valence electrons. The monoisotopic (exact) mass is 375 g/mol. The number of Topliss-reactive ketones (excluding diaryl/α,β-unsaturated/α-hetero) is 1. The van der Waals surface area contributed by atoms with Crippen molar-refractivity contribution in [3.8, 4) is 5.75 Å². The second kappa shape index (κ2) is 5.79. The lowest BCUT2D eigenvalue weighted by Crippen LogP contribution is -2.36. The smallest absolute Gasteiger partial charge is 0.261 e. The lowest BCUT2D eigenvalue weighted by atomic mass is 9.88. The van der Waals surface area contributed by atoms with Crippen molar-refractivity contribution in [2.24, 2.45) is 0 Å². The van der Waals surface area contributed by atoms with Gasteiger partial charge in [0.1, 0.15) is 5.75 Å². The number of halogens is 1. The summed E-state index contributed by atoms with van der Waals surface area (Å²) in [5.41, 5.74) is -0.570. The van der Waals surface area contributed by atoms with E-state index in [0.717, 1.165) is 4.47 Å². The second-order valence-electron chi connectivity index (χ2n) is 5.34. The average Bonchev–Trinajstić information content (AvgIpc) is 2.77. The van der Waals surface area contributed by atoms with Gasteiger partial charge in [-0.25, -0.2) is 0 Å². The first kappa shape index (κ1) is 15.7. The maximum atomic E-state index is 12.5. The van der Waals surface area contributed by atoms with Crippen LogP contribution in [0.4, 0.5) is 5.69 Å². The molecule has 2 aromatic carbocycles. The summed E-state index contributed by atoms with van der Waals surface area (Å²) in [6, 6.07) is 11.7. The van der Waals surface area contributed by atoms with Crippen LogP contribution in [0.5, 0.6) is 5.75 Å². The van der Waals surface area contributed by atoms with Crippen molar-refractivity contribution in [1.82, 2.24) is 0 Å². The molecule has 3 rings (SSSR count). The SMILES string of the molecule is COc1cccc(C(=O)C[C@@]2(O)C(=O)Nc3cc(Br)ccc32)c1. The van der Waals surface area contributed by atoms with E-state index in [9.17, 15) is 14.7 Å². The summed E-state index contributed by atoms with van der Waals surface area (Å²) < 4.78 is 5.87. The number of ketones is 1. The molecule has 0 spiro atoms. The van der Waals surface area contributed by atoms with Crippen molar-refractivity contribution in [2.45, 2.75) is 12.0 Å². The molecule has 0 unspecified atom stereocenters.